The van der Waals surface area contributed by atoms with Crippen LogP contribution in [0.1, 0.15) is 18.9 Å². The summed E-state index contributed by atoms with van der Waals surface area (Å²) in [5.74, 6) is -0.747. The van der Waals surface area contributed by atoms with Crippen LogP contribution in [0.25, 0.3) is 0 Å². The molecular weight excluding hydrogens is 230 g/mol. The van der Waals surface area contributed by atoms with E-state index in [1.54, 1.807) is 11.9 Å². The molecule has 5 nitrogen and oxygen atoms in total. The lowest BCUT2D eigenvalue weighted by Gasteiger charge is -2.22. The Bertz CT molecular complexity index is 418. The Hall–Kier alpha value is -2.04. The molecule has 1 atom stereocenters. The van der Waals surface area contributed by atoms with Gasteiger partial charge in [-0.2, -0.15) is 0 Å². The Morgan fingerprint density at radius 2 is 2.06 bits per heavy atom. The number of oxime groups is 1. The molecule has 0 bridgehead atoms. The summed E-state index contributed by atoms with van der Waals surface area (Å²) in [4.78, 5) is 13.7. The van der Waals surface area contributed by atoms with Crippen molar-refractivity contribution in [3.05, 3.63) is 35.9 Å². The van der Waals surface area contributed by atoms with Crippen LogP contribution in [0.5, 0.6) is 0 Å². The number of nitrogens with two attached hydrogens (primary N) is 1. The van der Waals surface area contributed by atoms with Crippen molar-refractivity contribution < 1.29 is 10.0 Å². The Morgan fingerprint density at radius 1 is 1.44 bits per heavy atom. The van der Waals surface area contributed by atoms with Crippen molar-refractivity contribution in [1.29, 1.82) is 0 Å². The van der Waals surface area contributed by atoms with Gasteiger partial charge in [0.05, 0.1) is 5.92 Å². The number of benzene rings is 1. The van der Waals surface area contributed by atoms with Gasteiger partial charge in [0.1, 0.15) is 0 Å². The monoisotopic (exact) mass is 249 g/mol. The Balaban J connectivity index is 2.71. The van der Waals surface area contributed by atoms with Crippen molar-refractivity contribution >= 4 is 11.7 Å². The molecule has 1 aromatic rings. The molecule has 0 aliphatic carbocycles. The van der Waals surface area contributed by atoms with Gasteiger partial charge in [0, 0.05) is 13.6 Å². The number of rotatable bonds is 5. The van der Waals surface area contributed by atoms with Crippen molar-refractivity contribution in [2.24, 2.45) is 16.8 Å². The highest BCUT2D eigenvalue weighted by Gasteiger charge is 2.24. The summed E-state index contributed by atoms with van der Waals surface area (Å²) in [5, 5.41) is 11.6. The lowest BCUT2D eigenvalue weighted by molar-refractivity contribution is -0.132. The summed E-state index contributed by atoms with van der Waals surface area (Å²) in [7, 11) is 1.71. The molecule has 0 fully saturated rings. The van der Waals surface area contributed by atoms with Gasteiger partial charge >= 0.3 is 0 Å². The van der Waals surface area contributed by atoms with Crippen LogP contribution >= 0.6 is 0 Å². The van der Waals surface area contributed by atoms with Crippen LogP contribution < -0.4 is 5.73 Å². The molecule has 0 radical (unpaired) electrons. The second-order valence-corrected chi connectivity index (χ2v) is 4.17. The van der Waals surface area contributed by atoms with E-state index in [2.05, 4.69) is 5.16 Å². The van der Waals surface area contributed by atoms with E-state index in [9.17, 15) is 4.79 Å². The minimum Gasteiger partial charge on any atom is -0.409 e. The summed E-state index contributed by atoms with van der Waals surface area (Å²) in [5.41, 5.74) is 6.56. The molecule has 0 aliphatic heterocycles. The van der Waals surface area contributed by atoms with E-state index in [1.807, 2.05) is 37.3 Å². The molecule has 0 saturated carbocycles. The first-order valence-electron chi connectivity index (χ1n) is 5.86. The highest BCUT2D eigenvalue weighted by Crippen LogP contribution is 2.10. The quantitative estimate of drug-likeness (QED) is 0.358. The van der Waals surface area contributed by atoms with E-state index in [4.69, 9.17) is 10.9 Å². The van der Waals surface area contributed by atoms with Crippen LogP contribution in [0, 0.1) is 5.92 Å². The standard InChI is InChI=1S/C13H19N3O2/c1-3-11(12(14)15-18)13(17)16(2)9-10-7-5-4-6-8-10/h4-8,11,18H,3,9H2,1-2H3,(H2,14,15). The van der Waals surface area contributed by atoms with E-state index in [1.165, 1.54) is 0 Å². The van der Waals surface area contributed by atoms with Crippen LogP contribution in [0.3, 0.4) is 0 Å². The van der Waals surface area contributed by atoms with Gasteiger partial charge in [-0.25, -0.2) is 0 Å². The van der Waals surface area contributed by atoms with Gasteiger partial charge in [0.15, 0.2) is 5.84 Å². The molecule has 3 N–H and O–H groups in total. The van der Waals surface area contributed by atoms with Crippen molar-refractivity contribution in [1.82, 2.24) is 4.90 Å². The number of nitrogens with zero attached hydrogens (tertiary/aromatic N) is 2. The molecule has 5 heteroatoms. The first kappa shape index (κ1) is 14.0. The molecule has 0 saturated heterocycles. The molecule has 18 heavy (non-hydrogen) atoms. The maximum atomic E-state index is 12.1. The molecule has 1 amide bonds. The van der Waals surface area contributed by atoms with Gasteiger partial charge in [-0.3, -0.25) is 4.79 Å². The molecule has 0 aliphatic rings. The van der Waals surface area contributed by atoms with E-state index in [0.29, 0.717) is 13.0 Å². The van der Waals surface area contributed by atoms with Crippen LogP contribution in [-0.2, 0) is 11.3 Å². The maximum Gasteiger partial charge on any atom is 0.233 e. The van der Waals surface area contributed by atoms with Crippen LogP contribution in [0.15, 0.2) is 35.5 Å². The first-order chi connectivity index (χ1) is 8.60. The van der Waals surface area contributed by atoms with E-state index < -0.39 is 5.92 Å². The highest BCUT2D eigenvalue weighted by atomic mass is 16.4. The molecule has 0 aromatic heterocycles. The predicted molar refractivity (Wildman–Crippen MR) is 70.1 cm³/mol. The predicted octanol–water partition coefficient (Wildman–Crippen LogP) is 1.42. The molecule has 0 heterocycles. The minimum absolute atomic E-state index is 0.0394. The van der Waals surface area contributed by atoms with Crippen LogP contribution in [-0.4, -0.2) is 28.9 Å². The number of carbonyl (C=O) groups is 1. The van der Waals surface area contributed by atoms with Crippen LogP contribution in [0.2, 0.25) is 0 Å². The van der Waals surface area contributed by atoms with Gasteiger partial charge in [-0.05, 0) is 12.0 Å². The average molecular weight is 249 g/mol. The fourth-order valence-electron chi connectivity index (χ4n) is 1.78. The number of carbonyl (C=O) groups excluding carboxylic acids is 1. The van der Waals surface area contributed by atoms with Crippen molar-refractivity contribution in [3.8, 4) is 0 Å². The van der Waals surface area contributed by atoms with E-state index >= 15 is 0 Å². The van der Waals surface area contributed by atoms with Gasteiger partial charge < -0.3 is 15.8 Å². The fraction of sp³-hybridized carbons (Fsp3) is 0.385. The molecular formula is C13H19N3O2. The number of hydrogen-bond donors (Lipinski definition) is 2. The van der Waals surface area contributed by atoms with Crippen molar-refractivity contribution in [3.63, 3.8) is 0 Å². The zero-order chi connectivity index (χ0) is 13.5. The van der Waals surface area contributed by atoms with Gasteiger partial charge in [-0.15, -0.1) is 0 Å². The normalized spacial score (nSPS) is 13.1. The third-order valence-corrected chi connectivity index (χ3v) is 2.82. The van der Waals surface area contributed by atoms with Crippen molar-refractivity contribution in [2.75, 3.05) is 7.05 Å². The lowest BCUT2D eigenvalue weighted by Crippen LogP contribution is -2.39. The average Bonchev–Trinajstić information content (AvgIpc) is 2.40. The molecule has 1 unspecified atom stereocenters. The largest absolute Gasteiger partial charge is 0.409 e. The third kappa shape index (κ3) is 3.48. The number of amides is 1. The second-order valence-electron chi connectivity index (χ2n) is 4.17. The summed E-state index contributed by atoms with van der Waals surface area (Å²) in [6, 6.07) is 9.68. The molecule has 0 spiro atoms. The summed E-state index contributed by atoms with van der Waals surface area (Å²) in [6.45, 7) is 2.34. The minimum atomic E-state index is -0.566. The summed E-state index contributed by atoms with van der Waals surface area (Å²) < 4.78 is 0. The number of amidine groups is 1. The molecule has 98 valence electrons. The smallest absolute Gasteiger partial charge is 0.233 e. The molecule has 1 aromatic carbocycles. The first-order valence-corrected chi connectivity index (χ1v) is 5.86. The summed E-state index contributed by atoms with van der Waals surface area (Å²) in [6.07, 6.45) is 0.508. The van der Waals surface area contributed by atoms with Gasteiger partial charge in [0.2, 0.25) is 5.91 Å². The topological polar surface area (TPSA) is 78.9 Å². The van der Waals surface area contributed by atoms with E-state index in [-0.39, 0.29) is 11.7 Å². The SMILES string of the molecule is CCC(C(=O)N(C)Cc1ccccc1)C(N)=NO. The fourth-order valence-corrected chi connectivity index (χ4v) is 1.78. The Morgan fingerprint density at radius 3 is 2.56 bits per heavy atom. The second kappa shape index (κ2) is 6.64. The van der Waals surface area contributed by atoms with Gasteiger partial charge in [0.25, 0.3) is 0 Å². The van der Waals surface area contributed by atoms with E-state index in [0.717, 1.165) is 5.56 Å². The van der Waals surface area contributed by atoms with Gasteiger partial charge in [-0.1, -0.05) is 42.4 Å². The Kier molecular flexibility index (Phi) is 5.17. The Labute approximate surface area is 107 Å². The summed E-state index contributed by atoms with van der Waals surface area (Å²) >= 11 is 0. The zero-order valence-corrected chi connectivity index (χ0v) is 10.7. The number of hydrogen-bond acceptors (Lipinski definition) is 3. The third-order valence-electron chi connectivity index (χ3n) is 2.82. The van der Waals surface area contributed by atoms with Crippen LogP contribution in [0.4, 0.5) is 0 Å². The zero-order valence-electron chi connectivity index (χ0n) is 10.7. The lowest BCUT2D eigenvalue weighted by atomic mass is 10.0. The molecule has 1 rings (SSSR count). The maximum absolute atomic E-state index is 12.1. The van der Waals surface area contributed by atoms with Crippen molar-refractivity contribution in [2.45, 2.75) is 19.9 Å². The highest BCUT2D eigenvalue weighted by molar-refractivity contribution is 6.01.